The minimum atomic E-state index is -0.619. The highest BCUT2D eigenvalue weighted by Gasteiger charge is 2.15. The third-order valence-electron chi connectivity index (χ3n) is 3.79. The average molecular weight is 317 g/mol. The topological polar surface area (TPSA) is 49.3 Å². The van der Waals surface area contributed by atoms with Crippen molar-refractivity contribution < 1.29 is 9.90 Å². The van der Waals surface area contributed by atoms with Crippen LogP contribution in [0, 0.1) is 5.92 Å². The van der Waals surface area contributed by atoms with E-state index in [0.717, 1.165) is 24.8 Å². The van der Waals surface area contributed by atoms with Gasteiger partial charge in [0.15, 0.2) is 0 Å². The molecule has 0 bridgehead atoms. The van der Waals surface area contributed by atoms with Gasteiger partial charge in [0.1, 0.15) is 0 Å². The minimum absolute atomic E-state index is 0.0161. The number of aliphatic hydroxyl groups is 1. The van der Waals surface area contributed by atoms with Crippen LogP contribution in [0.2, 0.25) is 0 Å². The number of benzene rings is 1. The van der Waals surface area contributed by atoms with Gasteiger partial charge in [-0.25, -0.2) is 0 Å². The third kappa shape index (κ3) is 5.28. The zero-order chi connectivity index (χ0) is 15.8. The molecule has 0 saturated carbocycles. The molecule has 2 aromatic rings. The number of nitrogens with one attached hydrogen (secondary N) is 1. The lowest BCUT2D eigenvalue weighted by atomic mass is 10.0. The summed E-state index contributed by atoms with van der Waals surface area (Å²) in [4.78, 5) is 12.0. The van der Waals surface area contributed by atoms with Crippen molar-refractivity contribution in [2.24, 2.45) is 5.92 Å². The van der Waals surface area contributed by atoms with Gasteiger partial charge in [-0.2, -0.15) is 11.3 Å². The highest BCUT2D eigenvalue weighted by molar-refractivity contribution is 7.07. The minimum Gasteiger partial charge on any atom is -0.387 e. The van der Waals surface area contributed by atoms with Crippen molar-refractivity contribution in [3.63, 3.8) is 0 Å². The lowest BCUT2D eigenvalue weighted by Crippen LogP contribution is -2.32. The first-order chi connectivity index (χ1) is 10.7. The fourth-order valence-electron chi connectivity index (χ4n) is 2.34. The quantitative estimate of drug-likeness (QED) is 0.782. The molecule has 2 atom stereocenters. The van der Waals surface area contributed by atoms with Crippen LogP contribution < -0.4 is 5.32 Å². The number of hydrogen-bond acceptors (Lipinski definition) is 3. The second-order valence-electron chi connectivity index (χ2n) is 5.60. The first-order valence-corrected chi connectivity index (χ1v) is 8.63. The zero-order valence-corrected chi connectivity index (χ0v) is 13.7. The third-order valence-corrected chi connectivity index (χ3v) is 4.49. The molecule has 2 N–H and O–H groups in total. The van der Waals surface area contributed by atoms with E-state index >= 15 is 0 Å². The molecular formula is C18H23NO2S. The summed E-state index contributed by atoms with van der Waals surface area (Å²) in [5, 5.41) is 16.6. The second-order valence-corrected chi connectivity index (χ2v) is 6.38. The molecule has 0 aliphatic heterocycles. The summed E-state index contributed by atoms with van der Waals surface area (Å²) in [6.07, 6.45) is 2.23. The Morgan fingerprint density at radius 3 is 2.73 bits per heavy atom. The van der Waals surface area contributed by atoms with E-state index in [1.165, 1.54) is 5.56 Å². The van der Waals surface area contributed by atoms with E-state index in [4.69, 9.17) is 0 Å². The van der Waals surface area contributed by atoms with E-state index in [1.54, 1.807) is 11.3 Å². The zero-order valence-electron chi connectivity index (χ0n) is 12.9. The largest absolute Gasteiger partial charge is 0.387 e. The van der Waals surface area contributed by atoms with Gasteiger partial charge < -0.3 is 10.4 Å². The molecule has 4 heteroatoms. The van der Waals surface area contributed by atoms with E-state index < -0.39 is 6.10 Å². The van der Waals surface area contributed by atoms with Gasteiger partial charge in [0, 0.05) is 12.5 Å². The molecule has 0 aliphatic carbocycles. The van der Waals surface area contributed by atoms with Crippen LogP contribution in [0.15, 0.2) is 47.2 Å². The number of aryl methyl sites for hydroxylation is 1. The molecular weight excluding hydrogens is 294 g/mol. The highest BCUT2D eigenvalue weighted by atomic mass is 32.1. The van der Waals surface area contributed by atoms with Crippen LogP contribution in [0.4, 0.5) is 0 Å². The van der Waals surface area contributed by atoms with Gasteiger partial charge in [-0.05, 0) is 47.2 Å². The number of aliphatic hydroxyl groups excluding tert-OH is 1. The van der Waals surface area contributed by atoms with E-state index in [0.29, 0.717) is 0 Å². The van der Waals surface area contributed by atoms with Gasteiger partial charge in [-0.1, -0.05) is 37.3 Å². The maximum atomic E-state index is 12.0. The molecule has 1 aromatic heterocycles. The van der Waals surface area contributed by atoms with Crippen LogP contribution in [0.1, 0.15) is 37.0 Å². The summed E-state index contributed by atoms with van der Waals surface area (Å²) < 4.78 is 0. The molecule has 0 spiro atoms. The number of rotatable bonds is 8. The lowest BCUT2D eigenvalue weighted by Gasteiger charge is -2.14. The van der Waals surface area contributed by atoms with Gasteiger partial charge in [-0.3, -0.25) is 4.79 Å². The first-order valence-electron chi connectivity index (χ1n) is 7.68. The molecule has 118 valence electrons. The Kier molecular flexibility index (Phi) is 6.62. The Labute approximate surface area is 136 Å². The Morgan fingerprint density at radius 2 is 2.05 bits per heavy atom. The van der Waals surface area contributed by atoms with Crippen LogP contribution >= 0.6 is 11.3 Å². The van der Waals surface area contributed by atoms with E-state index in [1.807, 2.05) is 41.9 Å². The van der Waals surface area contributed by atoms with Gasteiger partial charge in [0.2, 0.25) is 5.91 Å². The molecule has 0 fully saturated rings. The van der Waals surface area contributed by atoms with Crippen LogP contribution in [-0.4, -0.2) is 17.6 Å². The highest BCUT2D eigenvalue weighted by Crippen LogP contribution is 2.16. The molecule has 2 rings (SSSR count). The summed E-state index contributed by atoms with van der Waals surface area (Å²) in [6, 6.07) is 12.2. The number of carbonyl (C=O) groups excluding carboxylic acids is 1. The maximum Gasteiger partial charge on any atom is 0.222 e. The molecule has 22 heavy (non-hydrogen) atoms. The molecule has 0 aliphatic rings. The Balaban J connectivity index is 1.66. The van der Waals surface area contributed by atoms with Crippen molar-refractivity contribution >= 4 is 17.2 Å². The summed E-state index contributed by atoms with van der Waals surface area (Å²) in [7, 11) is 0. The predicted octanol–water partition coefficient (Wildman–Crippen LogP) is 3.56. The van der Waals surface area contributed by atoms with Gasteiger partial charge in [0.25, 0.3) is 0 Å². The number of carbonyl (C=O) groups is 1. The standard InChI is InChI=1S/C18H23NO2S/c1-14(6-5-9-15-7-3-2-4-8-15)18(21)19-12-17(20)16-10-11-22-13-16/h2-4,7-8,10-11,13-14,17,20H,5-6,9,12H2,1H3,(H,19,21). The molecule has 1 aromatic carbocycles. The van der Waals surface area contributed by atoms with Crippen LogP contribution in [0.25, 0.3) is 0 Å². The van der Waals surface area contributed by atoms with Crippen molar-refractivity contribution in [3.05, 3.63) is 58.3 Å². The van der Waals surface area contributed by atoms with Crippen LogP contribution in [-0.2, 0) is 11.2 Å². The Hall–Kier alpha value is -1.65. The fraction of sp³-hybridized carbons (Fsp3) is 0.389. The van der Waals surface area contributed by atoms with Crippen molar-refractivity contribution in [1.82, 2.24) is 5.32 Å². The van der Waals surface area contributed by atoms with Crippen LogP contribution in [0.5, 0.6) is 0 Å². The molecule has 0 radical (unpaired) electrons. The summed E-state index contributed by atoms with van der Waals surface area (Å²) in [5.74, 6) is -0.0132. The molecule has 3 nitrogen and oxygen atoms in total. The normalized spacial score (nSPS) is 13.5. The van der Waals surface area contributed by atoms with Crippen molar-refractivity contribution in [1.29, 1.82) is 0 Å². The van der Waals surface area contributed by atoms with Crippen LogP contribution in [0.3, 0.4) is 0 Å². The van der Waals surface area contributed by atoms with Crippen molar-refractivity contribution in [3.8, 4) is 0 Å². The number of thiophene rings is 1. The monoisotopic (exact) mass is 317 g/mol. The second kappa shape index (κ2) is 8.71. The molecule has 0 saturated heterocycles. The average Bonchev–Trinajstić information content (AvgIpc) is 3.07. The molecule has 1 amide bonds. The smallest absolute Gasteiger partial charge is 0.222 e. The number of amides is 1. The van der Waals surface area contributed by atoms with E-state index in [9.17, 15) is 9.90 Å². The summed E-state index contributed by atoms with van der Waals surface area (Å²) in [5.41, 5.74) is 2.17. The fourth-order valence-corrected chi connectivity index (χ4v) is 3.05. The van der Waals surface area contributed by atoms with E-state index in [2.05, 4.69) is 17.4 Å². The van der Waals surface area contributed by atoms with Gasteiger partial charge in [-0.15, -0.1) is 0 Å². The van der Waals surface area contributed by atoms with Crippen molar-refractivity contribution in [2.75, 3.05) is 6.54 Å². The SMILES string of the molecule is CC(CCCc1ccccc1)C(=O)NCC(O)c1ccsc1. The maximum absolute atomic E-state index is 12.0. The Bertz CT molecular complexity index is 554. The molecule has 1 heterocycles. The van der Waals surface area contributed by atoms with Gasteiger partial charge in [0.05, 0.1) is 6.10 Å². The lowest BCUT2D eigenvalue weighted by molar-refractivity contribution is -0.125. The Morgan fingerprint density at radius 1 is 1.27 bits per heavy atom. The van der Waals surface area contributed by atoms with Crippen molar-refractivity contribution in [2.45, 2.75) is 32.3 Å². The van der Waals surface area contributed by atoms with E-state index in [-0.39, 0.29) is 18.4 Å². The predicted molar refractivity (Wildman–Crippen MR) is 90.8 cm³/mol. The first kappa shape index (κ1) is 16.7. The molecule has 2 unspecified atom stereocenters. The summed E-state index contributed by atoms with van der Waals surface area (Å²) in [6.45, 7) is 2.22. The number of hydrogen-bond donors (Lipinski definition) is 2. The van der Waals surface area contributed by atoms with Gasteiger partial charge >= 0.3 is 0 Å². The summed E-state index contributed by atoms with van der Waals surface area (Å²) >= 11 is 1.54.